The van der Waals surface area contributed by atoms with Crippen LogP contribution in [-0.2, 0) is 6.54 Å². The molecular formula is C24H26F3N3O2. The Balaban J connectivity index is 2.29. The van der Waals surface area contributed by atoms with Crippen molar-refractivity contribution in [3.05, 3.63) is 81.0 Å². The van der Waals surface area contributed by atoms with Crippen LogP contribution >= 0.6 is 0 Å². The van der Waals surface area contributed by atoms with Crippen molar-refractivity contribution < 1.29 is 17.9 Å². The van der Waals surface area contributed by atoms with E-state index in [1.54, 1.807) is 24.5 Å². The Morgan fingerprint density at radius 1 is 1.03 bits per heavy atom. The Morgan fingerprint density at radius 2 is 1.69 bits per heavy atom. The summed E-state index contributed by atoms with van der Waals surface area (Å²) in [6.45, 7) is 3.99. The summed E-state index contributed by atoms with van der Waals surface area (Å²) in [5, 5.41) is 3.07. The standard InChI is InChI=1S/C24H26F3N3O2/c1-14-21(16-7-4-10-20(32-3)22(16)27)24(31)23(29-12-6-11-28)15(2)30(14)13-17-18(25)8-5-9-19(17)26/h4-5,7-10,29H,6,11-13,28H2,1-3H3. The molecule has 0 unspecified atom stereocenters. The van der Waals surface area contributed by atoms with Crippen molar-refractivity contribution in [3.8, 4) is 16.9 Å². The van der Waals surface area contributed by atoms with Gasteiger partial charge in [0, 0.05) is 29.1 Å². The fourth-order valence-corrected chi connectivity index (χ4v) is 3.76. The van der Waals surface area contributed by atoms with Gasteiger partial charge in [0.05, 0.1) is 19.2 Å². The van der Waals surface area contributed by atoms with E-state index in [2.05, 4.69) is 5.32 Å². The van der Waals surface area contributed by atoms with Gasteiger partial charge < -0.3 is 20.4 Å². The van der Waals surface area contributed by atoms with Gasteiger partial charge in [-0.15, -0.1) is 0 Å². The van der Waals surface area contributed by atoms with Crippen LogP contribution in [0.5, 0.6) is 5.75 Å². The van der Waals surface area contributed by atoms with Crippen LogP contribution in [0.4, 0.5) is 18.9 Å². The van der Waals surface area contributed by atoms with Gasteiger partial charge in [0.25, 0.3) is 0 Å². The molecule has 0 atom stereocenters. The van der Waals surface area contributed by atoms with Crippen LogP contribution in [0.1, 0.15) is 23.4 Å². The third-order valence-corrected chi connectivity index (χ3v) is 5.50. The number of nitrogens with zero attached hydrogens (tertiary/aromatic N) is 1. The average molecular weight is 445 g/mol. The molecule has 0 aliphatic heterocycles. The summed E-state index contributed by atoms with van der Waals surface area (Å²) in [6, 6.07) is 8.16. The molecular weight excluding hydrogens is 419 g/mol. The zero-order chi connectivity index (χ0) is 23.4. The van der Waals surface area contributed by atoms with Crippen molar-refractivity contribution in [2.75, 3.05) is 25.5 Å². The Bertz CT molecular complexity index is 1170. The molecule has 2 aromatic carbocycles. The van der Waals surface area contributed by atoms with E-state index in [1.165, 1.54) is 37.4 Å². The molecule has 0 fully saturated rings. The molecule has 0 bridgehead atoms. The maximum absolute atomic E-state index is 15.1. The molecule has 0 aliphatic carbocycles. The first kappa shape index (κ1) is 23.4. The number of anilines is 1. The average Bonchev–Trinajstić information content (AvgIpc) is 2.76. The second-order valence-electron chi connectivity index (χ2n) is 7.43. The zero-order valence-corrected chi connectivity index (χ0v) is 18.3. The molecule has 1 heterocycles. The molecule has 8 heteroatoms. The Labute approximate surface area is 184 Å². The van der Waals surface area contributed by atoms with Crippen LogP contribution in [0.15, 0.2) is 41.2 Å². The fraction of sp³-hybridized carbons (Fsp3) is 0.292. The summed E-state index contributed by atoms with van der Waals surface area (Å²) >= 11 is 0. The van der Waals surface area contributed by atoms with Crippen LogP contribution in [0, 0.1) is 31.3 Å². The monoisotopic (exact) mass is 445 g/mol. The molecule has 170 valence electrons. The summed E-state index contributed by atoms with van der Waals surface area (Å²) < 4.78 is 50.6. The lowest BCUT2D eigenvalue weighted by molar-refractivity contribution is 0.387. The van der Waals surface area contributed by atoms with Gasteiger partial charge in [0.15, 0.2) is 11.6 Å². The molecule has 3 N–H and O–H groups in total. The summed E-state index contributed by atoms with van der Waals surface area (Å²) in [6.07, 6.45) is 0.609. The molecule has 5 nitrogen and oxygen atoms in total. The van der Waals surface area contributed by atoms with E-state index in [4.69, 9.17) is 10.5 Å². The molecule has 0 radical (unpaired) electrons. The van der Waals surface area contributed by atoms with E-state index in [0.717, 1.165) is 0 Å². The number of halogens is 3. The van der Waals surface area contributed by atoms with Gasteiger partial charge in [-0.3, -0.25) is 4.79 Å². The second-order valence-corrected chi connectivity index (χ2v) is 7.43. The molecule has 0 aliphatic rings. The van der Waals surface area contributed by atoms with Crippen LogP contribution in [0.25, 0.3) is 11.1 Å². The topological polar surface area (TPSA) is 69.3 Å². The van der Waals surface area contributed by atoms with E-state index in [0.29, 0.717) is 30.9 Å². The van der Waals surface area contributed by atoms with Crippen molar-refractivity contribution in [3.63, 3.8) is 0 Å². The number of ether oxygens (including phenoxy) is 1. The summed E-state index contributed by atoms with van der Waals surface area (Å²) in [5.74, 6) is -2.09. The van der Waals surface area contributed by atoms with Crippen molar-refractivity contribution >= 4 is 5.69 Å². The number of hydrogen-bond donors (Lipinski definition) is 2. The SMILES string of the molecule is COc1cccc(-c2c(C)n(Cc3c(F)cccc3F)c(C)c(NCCCN)c2=O)c1F. The molecule has 1 aromatic heterocycles. The Hall–Kier alpha value is -3.26. The normalized spacial score (nSPS) is 11.0. The molecule has 0 saturated heterocycles. The van der Waals surface area contributed by atoms with E-state index >= 15 is 4.39 Å². The molecule has 3 aromatic rings. The van der Waals surface area contributed by atoms with Crippen molar-refractivity contribution in [2.24, 2.45) is 5.73 Å². The van der Waals surface area contributed by atoms with Gasteiger partial charge in [-0.05, 0) is 45.0 Å². The van der Waals surface area contributed by atoms with E-state index in [-0.39, 0.29) is 34.7 Å². The third-order valence-electron chi connectivity index (χ3n) is 5.50. The minimum Gasteiger partial charge on any atom is -0.494 e. The highest BCUT2D eigenvalue weighted by molar-refractivity contribution is 5.73. The first-order valence-electron chi connectivity index (χ1n) is 10.3. The number of pyridine rings is 1. The van der Waals surface area contributed by atoms with Crippen LogP contribution in [0.2, 0.25) is 0 Å². The van der Waals surface area contributed by atoms with Crippen LogP contribution in [0.3, 0.4) is 0 Å². The smallest absolute Gasteiger partial charge is 0.213 e. The maximum atomic E-state index is 15.1. The Morgan fingerprint density at radius 3 is 2.31 bits per heavy atom. The van der Waals surface area contributed by atoms with Crippen molar-refractivity contribution in [1.29, 1.82) is 0 Å². The summed E-state index contributed by atoms with van der Waals surface area (Å²) in [5.41, 5.74) is 6.26. The number of rotatable bonds is 8. The largest absolute Gasteiger partial charge is 0.494 e. The highest BCUT2D eigenvalue weighted by Crippen LogP contribution is 2.31. The fourth-order valence-electron chi connectivity index (χ4n) is 3.76. The van der Waals surface area contributed by atoms with Gasteiger partial charge in [-0.2, -0.15) is 0 Å². The third kappa shape index (κ3) is 4.36. The number of nitrogens with two attached hydrogens (primary N) is 1. The highest BCUT2D eigenvalue weighted by Gasteiger charge is 2.23. The van der Waals surface area contributed by atoms with Gasteiger partial charge in [-0.25, -0.2) is 13.2 Å². The lowest BCUT2D eigenvalue weighted by Gasteiger charge is -2.23. The molecule has 0 amide bonds. The predicted molar refractivity (Wildman–Crippen MR) is 120 cm³/mol. The quantitative estimate of drug-likeness (QED) is 0.506. The van der Waals surface area contributed by atoms with E-state index in [9.17, 15) is 13.6 Å². The van der Waals surface area contributed by atoms with Crippen molar-refractivity contribution in [2.45, 2.75) is 26.8 Å². The summed E-state index contributed by atoms with van der Waals surface area (Å²) in [4.78, 5) is 13.4. The zero-order valence-electron chi connectivity index (χ0n) is 18.3. The van der Waals surface area contributed by atoms with Crippen LogP contribution in [-0.4, -0.2) is 24.8 Å². The Kier molecular flexibility index (Phi) is 7.25. The molecule has 0 spiro atoms. The van der Waals surface area contributed by atoms with Crippen molar-refractivity contribution in [1.82, 2.24) is 4.57 Å². The van der Waals surface area contributed by atoms with Crippen LogP contribution < -0.4 is 21.2 Å². The minimum absolute atomic E-state index is 0.00814. The number of nitrogens with one attached hydrogen (secondary N) is 1. The lowest BCUT2D eigenvalue weighted by Crippen LogP contribution is -2.25. The van der Waals surface area contributed by atoms with E-state index < -0.39 is 22.9 Å². The summed E-state index contributed by atoms with van der Waals surface area (Å²) in [7, 11) is 1.34. The molecule has 32 heavy (non-hydrogen) atoms. The number of aromatic nitrogens is 1. The maximum Gasteiger partial charge on any atom is 0.213 e. The highest BCUT2D eigenvalue weighted by atomic mass is 19.1. The van der Waals surface area contributed by atoms with Gasteiger partial charge in [-0.1, -0.05) is 18.2 Å². The predicted octanol–water partition coefficient (Wildman–Crippen LogP) is 4.37. The van der Waals surface area contributed by atoms with Gasteiger partial charge in [0.2, 0.25) is 5.43 Å². The van der Waals surface area contributed by atoms with Gasteiger partial charge >= 0.3 is 0 Å². The second kappa shape index (κ2) is 9.91. The van der Waals surface area contributed by atoms with E-state index in [1.807, 2.05) is 0 Å². The first-order valence-corrected chi connectivity index (χ1v) is 10.3. The molecule has 3 rings (SSSR count). The number of hydrogen-bond acceptors (Lipinski definition) is 4. The lowest BCUT2D eigenvalue weighted by atomic mass is 10.00. The molecule has 0 saturated carbocycles. The first-order chi connectivity index (χ1) is 15.3. The van der Waals surface area contributed by atoms with Gasteiger partial charge in [0.1, 0.15) is 17.3 Å². The number of benzene rings is 2. The minimum atomic E-state index is -0.700. The number of methoxy groups -OCH3 is 1.